The van der Waals surface area contributed by atoms with Crippen LogP contribution >= 0.6 is 0 Å². The van der Waals surface area contributed by atoms with Crippen LogP contribution in [0.5, 0.6) is 5.75 Å². The Morgan fingerprint density at radius 2 is 1.77 bits per heavy atom. The highest BCUT2D eigenvalue weighted by Gasteiger charge is 2.44. The Hall–Kier alpha value is -2.54. The molecule has 0 radical (unpaired) electrons. The minimum atomic E-state index is -2.18. The second kappa shape index (κ2) is 8.30. The van der Waals surface area contributed by atoms with Crippen molar-refractivity contribution >= 4 is 20.4 Å². The molecule has 1 aliphatic carbocycles. The van der Waals surface area contributed by atoms with Crippen LogP contribution < -0.4 is 4.74 Å². The molecule has 0 spiro atoms. The van der Waals surface area contributed by atoms with Gasteiger partial charge in [0.25, 0.3) is 0 Å². The highest BCUT2D eigenvalue weighted by Crippen LogP contribution is 2.42. The summed E-state index contributed by atoms with van der Waals surface area (Å²) in [5.74, 6) is 0.436. The maximum absolute atomic E-state index is 12.9. The smallest absolute Gasteiger partial charge is 0.415 e. The van der Waals surface area contributed by atoms with Crippen LogP contribution in [0.3, 0.4) is 0 Å². The van der Waals surface area contributed by atoms with Gasteiger partial charge in [0.1, 0.15) is 5.75 Å². The highest BCUT2D eigenvalue weighted by atomic mass is 28.4. The number of para-hydroxylation sites is 1. The van der Waals surface area contributed by atoms with Crippen molar-refractivity contribution in [3.8, 4) is 5.75 Å². The monoisotopic (exact) mass is 429 g/mol. The van der Waals surface area contributed by atoms with Gasteiger partial charge < -0.3 is 18.8 Å². The molecule has 0 unspecified atom stereocenters. The van der Waals surface area contributed by atoms with E-state index >= 15 is 0 Å². The molecule has 0 saturated carbocycles. The van der Waals surface area contributed by atoms with E-state index in [0.717, 1.165) is 0 Å². The summed E-state index contributed by atoms with van der Waals surface area (Å²) in [6, 6.07) is 8.75. The van der Waals surface area contributed by atoms with E-state index in [1.54, 1.807) is 17.0 Å². The molecule has 7 heteroatoms. The summed E-state index contributed by atoms with van der Waals surface area (Å²) in [6.07, 6.45) is 3.93. The molecule has 0 N–H and O–H groups in total. The molecule has 1 aromatic rings. The number of nitrogens with zero attached hydrogens (tertiary/aromatic N) is 1. The largest absolute Gasteiger partial charge is 0.546 e. The van der Waals surface area contributed by atoms with Crippen LogP contribution in [-0.4, -0.2) is 45.0 Å². The van der Waals surface area contributed by atoms with E-state index in [0.29, 0.717) is 30.0 Å². The number of hydrogen-bond donors (Lipinski definition) is 0. The van der Waals surface area contributed by atoms with Crippen LogP contribution in [0.4, 0.5) is 4.79 Å². The Labute approximate surface area is 179 Å². The zero-order valence-corrected chi connectivity index (χ0v) is 19.6. The topological polar surface area (TPSA) is 65.1 Å². The molecule has 2 atom stereocenters. The first-order valence-corrected chi connectivity index (χ1v) is 13.2. The molecular weight excluding hydrogens is 398 g/mol. The number of hydrogen-bond acceptors (Lipinski definition) is 5. The van der Waals surface area contributed by atoms with Crippen molar-refractivity contribution in [3.05, 3.63) is 53.8 Å². The summed E-state index contributed by atoms with van der Waals surface area (Å²) in [5.41, 5.74) is 0.510. The standard InChI is InChI=1S/C23H31NO5Si/c1-23(2,3)30(5,6)29-19-14-17-13-12-16(20(19)21(25)27-4)15-24(17)22(26)28-18-10-8-7-9-11-18/h7-13,16-17H,14-15H2,1-6H3/t16-,17-/m0/s1. The molecule has 6 nitrogen and oxygen atoms in total. The molecule has 2 heterocycles. The number of carbonyl (C=O) groups excluding carboxylic acids is 2. The van der Waals surface area contributed by atoms with Crippen molar-refractivity contribution in [3.63, 3.8) is 0 Å². The zero-order chi connectivity index (χ0) is 22.1. The average molecular weight is 430 g/mol. The van der Waals surface area contributed by atoms with Crippen molar-refractivity contribution < 1.29 is 23.5 Å². The van der Waals surface area contributed by atoms with Gasteiger partial charge in [-0.05, 0) is 30.3 Å². The zero-order valence-electron chi connectivity index (χ0n) is 18.6. The Bertz CT molecular complexity index is 869. The Morgan fingerprint density at radius 1 is 1.10 bits per heavy atom. The van der Waals surface area contributed by atoms with Crippen molar-refractivity contribution in [1.29, 1.82) is 0 Å². The first-order chi connectivity index (χ1) is 14.0. The molecular formula is C23H31NO5Si. The van der Waals surface area contributed by atoms with Gasteiger partial charge in [0.05, 0.1) is 24.5 Å². The lowest BCUT2D eigenvalue weighted by Crippen LogP contribution is -2.45. The van der Waals surface area contributed by atoms with Crippen LogP contribution in [-0.2, 0) is 14.0 Å². The van der Waals surface area contributed by atoms with Crippen molar-refractivity contribution in [2.75, 3.05) is 13.7 Å². The fourth-order valence-electron chi connectivity index (χ4n) is 3.44. The average Bonchev–Trinajstić information content (AvgIpc) is 2.93. The van der Waals surface area contributed by atoms with Crippen molar-refractivity contribution in [2.24, 2.45) is 5.92 Å². The predicted molar refractivity (Wildman–Crippen MR) is 118 cm³/mol. The summed E-state index contributed by atoms with van der Waals surface area (Å²) in [6.45, 7) is 11.1. The van der Waals surface area contributed by atoms with Gasteiger partial charge in [-0.2, -0.15) is 0 Å². The number of esters is 1. The van der Waals surface area contributed by atoms with Crippen LogP contribution in [0.2, 0.25) is 18.1 Å². The molecule has 2 aliphatic heterocycles. The maximum atomic E-state index is 12.9. The van der Waals surface area contributed by atoms with Gasteiger partial charge in [-0.25, -0.2) is 9.59 Å². The summed E-state index contributed by atoms with van der Waals surface area (Å²) < 4.78 is 17.2. The lowest BCUT2D eigenvalue weighted by molar-refractivity contribution is -0.136. The quantitative estimate of drug-likeness (QED) is 0.387. The second-order valence-corrected chi connectivity index (χ2v) is 14.0. The van der Waals surface area contributed by atoms with Crippen LogP contribution in [0.1, 0.15) is 27.2 Å². The third kappa shape index (κ3) is 4.46. The van der Waals surface area contributed by atoms with E-state index in [9.17, 15) is 9.59 Å². The van der Waals surface area contributed by atoms with E-state index in [2.05, 4.69) is 33.9 Å². The van der Waals surface area contributed by atoms with Gasteiger partial charge in [0.2, 0.25) is 8.32 Å². The molecule has 1 amide bonds. The molecule has 0 aromatic heterocycles. The van der Waals surface area contributed by atoms with E-state index in [4.69, 9.17) is 13.9 Å². The molecule has 0 saturated heterocycles. The Morgan fingerprint density at radius 3 is 2.37 bits per heavy atom. The fourth-order valence-corrected chi connectivity index (χ4v) is 4.55. The number of fused-ring (bicyclic) bond motifs is 2. The predicted octanol–water partition coefficient (Wildman–Crippen LogP) is 4.89. The number of benzene rings is 1. The summed E-state index contributed by atoms with van der Waals surface area (Å²) >= 11 is 0. The SMILES string of the molecule is COC(=O)C1=C(O[Si](C)(C)C(C)(C)C)C[C@@H]2C=C[C@H]1CN2C(=O)Oc1ccccc1. The minimum Gasteiger partial charge on any atom is -0.546 e. The van der Waals surface area contributed by atoms with Gasteiger partial charge in [-0.3, -0.25) is 0 Å². The fraction of sp³-hybridized carbons (Fsp3) is 0.478. The van der Waals surface area contributed by atoms with Crippen LogP contribution in [0.15, 0.2) is 53.8 Å². The lowest BCUT2D eigenvalue weighted by atomic mass is 9.96. The molecule has 0 fully saturated rings. The Kier molecular flexibility index (Phi) is 6.13. The van der Waals surface area contributed by atoms with E-state index in [1.807, 2.05) is 30.4 Å². The first-order valence-electron chi connectivity index (χ1n) is 10.3. The normalized spacial score (nSPS) is 21.3. The van der Waals surface area contributed by atoms with Gasteiger partial charge >= 0.3 is 12.1 Å². The van der Waals surface area contributed by atoms with Crippen LogP contribution in [0, 0.1) is 5.92 Å². The molecule has 4 rings (SSSR count). The number of carbonyl (C=O) groups is 2. The molecule has 1 aromatic carbocycles. The summed E-state index contributed by atoms with van der Waals surface area (Å²) in [5, 5.41) is -0.0219. The van der Waals surface area contributed by atoms with Gasteiger partial charge in [-0.15, -0.1) is 0 Å². The number of ether oxygens (including phenoxy) is 2. The van der Waals surface area contributed by atoms with Gasteiger partial charge in [0.15, 0.2) is 0 Å². The van der Waals surface area contributed by atoms with Crippen molar-refractivity contribution in [1.82, 2.24) is 4.90 Å². The highest BCUT2D eigenvalue weighted by molar-refractivity contribution is 6.74. The molecule has 2 bridgehead atoms. The van der Waals surface area contributed by atoms with Gasteiger partial charge in [0, 0.05) is 18.9 Å². The third-order valence-corrected chi connectivity index (χ3v) is 10.6. The van der Waals surface area contributed by atoms with E-state index in [-0.39, 0.29) is 17.0 Å². The molecule has 162 valence electrons. The number of rotatable bonds is 4. The molecule has 3 aliphatic rings. The number of methoxy groups -OCH3 is 1. The number of amides is 1. The minimum absolute atomic E-state index is 0.0219. The Balaban J connectivity index is 1.90. The lowest BCUT2D eigenvalue weighted by Gasteiger charge is -2.38. The maximum Gasteiger partial charge on any atom is 0.415 e. The molecule has 30 heavy (non-hydrogen) atoms. The van der Waals surface area contributed by atoms with Gasteiger partial charge in [-0.1, -0.05) is 51.1 Å². The van der Waals surface area contributed by atoms with E-state index < -0.39 is 20.4 Å². The van der Waals surface area contributed by atoms with E-state index in [1.165, 1.54) is 7.11 Å². The third-order valence-electron chi connectivity index (χ3n) is 6.20. The first kappa shape index (κ1) is 22.1. The summed E-state index contributed by atoms with van der Waals surface area (Å²) in [7, 11) is -0.808. The summed E-state index contributed by atoms with van der Waals surface area (Å²) in [4.78, 5) is 27.3. The van der Waals surface area contributed by atoms with Crippen molar-refractivity contribution in [2.45, 2.75) is 51.4 Å². The van der Waals surface area contributed by atoms with Crippen LogP contribution in [0.25, 0.3) is 0 Å². The second-order valence-electron chi connectivity index (χ2n) is 9.29.